The minimum absolute atomic E-state index is 0.174. The van der Waals surface area contributed by atoms with E-state index in [4.69, 9.17) is 11.6 Å². The summed E-state index contributed by atoms with van der Waals surface area (Å²) in [6.07, 6.45) is 2.24. The zero-order valence-electron chi connectivity index (χ0n) is 10.9. The summed E-state index contributed by atoms with van der Waals surface area (Å²) in [7, 11) is 0. The zero-order valence-corrected chi connectivity index (χ0v) is 11.7. The van der Waals surface area contributed by atoms with Crippen molar-refractivity contribution in [2.75, 3.05) is 0 Å². The quantitative estimate of drug-likeness (QED) is 0.353. The Labute approximate surface area is 113 Å². The Morgan fingerprint density at radius 1 is 1.44 bits per heavy atom. The van der Waals surface area contributed by atoms with E-state index in [1.54, 1.807) is 0 Å². The lowest BCUT2D eigenvalue weighted by atomic mass is 9.87. The van der Waals surface area contributed by atoms with Gasteiger partial charge in [0, 0.05) is 12.0 Å². The molecule has 0 aliphatic carbocycles. The van der Waals surface area contributed by atoms with Crippen LogP contribution < -0.4 is 0 Å². The van der Waals surface area contributed by atoms with Gasteiger partial charge in [-0.15, -0.1) is 11.6 Å². The Morgan fingerprint density at radius 3 is 2.50 bits per heavy atom. The van der Waals surface area contributed by atoms with Crippen LogP contribution in [0, 0.1) is 6.92 Å². The van der Waals surface area contributed by atoms with Crippen LogP contribution in [0.4, 0.5) is 0 Å². The van der Waals surface area contributed by atoms with E-state index in [0.717, 1.165) is 17.4 Å². The predicted molar refractivity (Wildman–Crippen MR) is 74.4 cm³/mol. The third-order valence-electron chi connectivity index (χ3n) is 2.88. The number of rotatable bonds is 5. The van der Waals surface area contributed by atoms with E-state index >= 15 is 0 Å². The molecule has 18 heavy (non-hydrogen) atoms. The van der Waals surface area contributed by atoms with Crippen molar-refractivity contribution in [3.63, 3.8) is 0 Å². The van der Waals surface area contributed by atoms with Crippen LogP contribution >= 0.6 is 11.6 Å². The lowest BCUT2D eigenvalue weighted by Crippen LogP contribution is -2.16. The van der Waals surface area contributed by atoms with Gasteiger partial charge in [0.15, 0.2) is 5.78 Å². The number of allylic oxidation sites excluding steroid dienone is 1. The van der Waals surface area contributed by atoms with Crippen molar-refractivity contribution < 1.29 is 9.59 Å². The van der Waals surface area contributed by atoms with Crippen molar-refractivity contribution >= 4 is 23.7 Å². The summed E-state index contributed by atoms with van der Waals surface area (Å²) in [5.74, 6) is -0.174. The number of aldehydes is 1. The molecule has 1 aromatic carbocycles. The van der Waals surface area contributed by atoms with Crippen molar-refractivity contribution in [3.8, 4) is 0 Å². The molecule has 96 valence electrons. The third-order valence-corrected chi connectivity index (χ3v) is 3.08. The molecule has 1 aromatic rings. The van der Waals surface area contributed by atoms with Crippen molar-refractivity contribution in [2.24, 2.45) is 0 Å². The summed E-state index contributed by atoms with van der Waals surface area (Å²) in [4.78, 5) is 22.2. The van der Waals surface area contributed by atoms with E-state index in [1.165, 1.54) is 6.08 Å². The molecule has 0 aromatic heterocycles. The Balaban J connectivity index is 3.62. The molecular weight excluding hydrogens is 248 g/mol. The van der Waals surface area contributed by atoms with E-state index in [0.29, 0.717) is 11.1 Å². The van der Waals surface area contributed by atoms with E-state index in [-0.39, 0.29) is 12.2 Å². The van der Waals surface area contributed by atoms with Crippen molar-refractivity contribution in [1.29, 1.82) is 0 Å². The standard InChI is InChI=1S/C15H17ClO2/c1-5-13(18)14-10(2)6-7-12(15(3,4)16)11(14)8-9-17/h5-7,9H,1,8H2,2-4H3. The maximum Gasteiger partial charge on any atom is 0.185 e. The number of alkyl halides is 1. The van der Waals surface area contributed by atoms with Gasteiger partial charge in [0.25, 0.3) is 0 Å². The van der Waals surface area contributed by atoms with E-state index < -0.39 is 4.87 Å². The van der Waals surface area contributed by atoms with Crippen molar-refractivity contribution in [1.82, 2.24) is 0 Å². The summed E-state index contributed by atoms with van der Waals surface area (Å²) >= 11 is 6.32. The molecule has 0 saturated heterocycles. The Morgan fingerprint density at radius 2 is 2.06 bits per heavy atom. The Hall–Kier alpha value is -1.41. The first-order valence-electron chi connectivity index (χ1n) is 5.75. The number of carbonyl (C=O) groups excluding carboxylic acids is 2. The van der Waals surface area contributed by atoms with Gasteiger partial charge in [0.05, 0.1) is 4.87 Å². The van der Waals surface area contributed by atoms with E-state index in [2.05, 4.69) is 6.58 Å². The molecule has 3 heteroatoms. The number of benzene rings is 1. The normalized spacial score (nSPS) is 11.1. The first-order chi connectivity index (χ1) is 8.32. The molecule has 0 radical (unpaired) electrons. The summed E-state index contributed by atoms with van der Waals surface area (Å²) in [6.45, 7) is 9.03. The van der Waals surface area contributed by atoms with Gasteiger partial charge in [-0.3, -0.25) is 4.79 Å². The van der Waals surface area contributed by atoms with Crippen LogP contribution in [-0.4, -0.2) is 12.1 Å². The molecule has 0 aliphatic rings. The molecule has 0 unspecified atom stereocenters. The molecule has 0 N–H and O–H groups in total. The summed E-state index contributed by atoms with van der Waals surface area (Å²) in [5, 5.41) is 0. The van der Waals surface area contributed by atoms with Crippen LogP contribution in [0.1, 0.15) is 40.9 Å². The van der Waals surface area contributed by atoms with Crippen molar-refractivity contribution in [3.05, 3.63) is 47.0 Å². The number of hydrogen-bond donors (Lipinski definition) is 0. The molecule has 1 rings (SSSR count). The van der Waals surface area contributed by atoms with Crippen LogP contribution in [0.5, 0.6) is 0 Å². The van der Waals surface area contributed by atoms with E-state index in [9.17, 15) is 9.59 Å². The second-order valence-corrected chi connectivity index (χ2v) is 5.64. The smallest absolute Gasteiger partial charge is 0.185 e. The van der Waals surface area contributed by atoms with Gasteiger partial charge in [0.1, 0.15) is 6.29 Å². The minimum Gasteiger partial charge on any atom is -0.303 e. The first kappa shape index (κ1) is 14.7. The first-order valence-corrected chi connectivity index (χ1v) is 6.13. The predicted octanol–water partition coefficient (Wildman–Crippen LogP) is 3.58. The fourth-order valence-corrected chi connectivity index (χ4v) is 2.24. The van der Waals surface area contributed by atoms with Gasteiger partial charge in [-0.2, -0.15) is 0 Å². The fraction of sp³-hybridized carbons (Fsp3) is 0.333. The van der Waals surface area contributed by atoms with Gasteiger partial charge >= 0.3 is 0 Å². The van der Waals surface area contributed by atoms with Crippen LogP contribution in [0.25, 0.3) is 0 Å². The summed E-state index contributed by atoms with van der Waals surface area (Å²) < 4.78 is 0. The molecular formula is C15H17ClO2. The highest BCUT2D eigenvalue weighted by atomic mass is 35.5. The average Bonchev–Trinajstić information content (AvgIpc) is 2.27. The minimum atomic E-state index is -0.623. The molecule has 0 fully saturated rings. The Bertz CT molecular complexity index is 496. The SMILES string of the molecule is C=CC(=O)c1c(C)ccc(C(C)(C)Cl)c1CC=O. The zero-order chi connectivity index (χ0) is 13.9. The lowest BCUT2D eigenvalue weighted by molar-refractivity contribution is -0.107. The number of carbonyl (C=O) groups is 2. The maximum atomic E-state index is 11.9. The molecule has 0 amide bonds. The molecule has 2 nitrogen and oxygen atoms in total. The highest BCUT2D eigenvalue weighted by Crippen LogP contribution is 2.33. The van der Waals surface area contributed by atoms with Gasteiger partial charge in [-0.1, -0.05) is 18.7 Å². The molecule has 0 atom stereocenters. The van der Waals surface area contributed by atoms with Gasteiger partial charge in [0.2, 0.25) is 0 Å². The van der Waals surface area contributed by atoms with Crippen LogP contribution in [0.15, 0.2) is 24.8 Å². The van der Waals surface area contributed by atoms with Crippen LogP contribution in [0.3, 0.4) is 0 Å². The number of aryl methyl sites for hydroxylation is 1. The molecule has 0 bridgehead atoms. The second kappa shape index (κ2) is 5.49. The van der Waals surface area contributed by atoms with Gasteiger partial charge in [-0.05, 0) is 43.5 Å². The van der Waals surface area contributed by atoms with Crippen molar-refractivity contribution in [2.45, 2.75) is 32.1 Å². The van der Waals surface area contributed by atoms with E-state index in [1.807, 2.05) is 32.9 Å². The maximum absolute atomic E-state index is 11.9. The summed E-state index contributed by atoms with van der Waals surface area (Å²) in [5.41, 5.74) is 2.90. The largest absolute Gasteiger partial charge is 0.303 e. The highest BCUT2D eigenvalue weighted by Gasteiger charge is 2.24. The second-order valence-electron chi connectivity index (χ2n) is 4.70. The molecule has 0 saturated carbocycles. The summed E-state index contributed by atoms with van der Waals surface area (Å²) in [6, 6.07) is 3.73. The topological polar surface area (TPSA) is 34.1 Å². The molecule has 0 heterocycles. The average molecular weight is 265 g/mol. The van der Waals surface area contributed by atoms with Crippen LogP contribution in [0.2, 0.25) is 0 Å². The lowest BCUT2D eigenvalue weighted by Gasteiger charge is -2.22. The van der Waals surface area contributed by atoms with Gasteiger partial charge in [-0.25, -0.2) is 0 Å². The highest BCUT2D eigenvalue weighted by molar-refractivity contribution is 6.23. The van der Waals surface area contributed by atoms with Crippen LogP contribution in [-0.2, 0) is 16.1 Å². The Kier molecular flexibility index (Phi) is 4.47. The molecule has 0 spiro atoms. The fourth-order valence-electron chi connectivity index (χ4n) is 2.06. The number of ketones is 1. The monoisotopic (exact) mass is 264 g/mol. The molecule has 0 aliphatic heterocycles. The number of hydrogen-bond acceptors (Lipinski definition) is 2. The van der Waals surface area contributed by atoms with Gasteiger partial charge < -0.3 is 4.79 Å². The number of halogens is 1. The third kappa shape index (κ3) is 2.88.